The highest BCUT2D eigenvalue weighted by atomic mass is 16.5. The molecule has 158 valence electrons. The maximum atomic E-state index is 12.5. The first-order valence-electron chi connectivity index (χ1n) is 10.7. The lowest BCUT2D eigenvalue weighted by atomic mass is 9.68. The van der Waals surface area contributed by atoms with Gasteiger partial charge in [0.25, 0.3) is 0 Å². The lowest BCUT2D eigenvalue weighted by Crippen LogP contribution is -2.35. The first-order valence-corrected chi connectivity index (χ1v) is 10.7. The number of carbonyl (C=O) groups excluding carboxylic acids is 3. The molecule has 0 saturated heterocycles. The zero-order chi connectivity index (χ0) is 21.3. The van der Waals surface area contributed by atoms with E-state index in [4.69, 9.17) is 4.74 Å². The van der Waals surface area contributed by atoms with Crippen molar-refractivity contribution in [3.63, 3.8) is 0 Å². The van der Waals surface area contributed by atoms with Gasteiger partial charge >= 0.3 is 5.97 Å². The molecule has 1 aliphatic carbocycles. The number of ether oxygens (including phenoxy) is 1. The molecule has 1 aromatic carbocycles. The van der Waals surface area contributed by atoms with Crippen LogP contribution in [0.2, 0.25) is 0 Å². The maximum absolute atomic E-state index is 12.5. The average molecular weight is 400 g/mol. The molecule has 1 saturated carbocycles. The number of anilines is 1. The lowest BCUT2D eigenvalue weighted by Gasteiger charge is -2.34. The van der Waals surface area contributed by atoms with Gasteiger partial charge in [-0.05, 0) is 48.9 Å². The summed E-state index contributed by atoms with van der Waals surface area (Å²) in [4.78, 5) is 37.0. The number of hydrogen-bond donors (Lipinski definition) is 1. The van der Waals surface area contributed by atoms with Gasteiger partial charge in [0.1, 0.15) is 0 Å². The Labute approximate surface area is 173 Å². The van der Waals surface area contributed by atoms with Crippen LogP contribution in [0.3, 0.4) is 0 Å². The summed E-state index contributed by atoms with van der Waals surface area (Å²) < 4.78 is 5.28. The molecule has 5 nitrogen and oxygen atoms in total. The number of benzene rings is 1. The molecule has 29 heavy (non-hydrogen) atoms. The molecule has 1 N–H and O–H groups in total. The summed E-state index contributed by atoms with van der Waals surface area (Å²) in [6.45, 7) is 6.65. The van der Waals surface area contributed by atoms with E-state index in [9.17, 15) is 14.4 Å². The van der Waals surface area contributed by atoms with Crippen molar-refractivity contribution in [1.29, 1.82) is 0 Å². The second kappa shape index (κ2) is 10.9. The van der Waals surface area contributed by atoms with Crippen LogP contribution in [0.1, 0.15) is 82.5 Å². The Morgan fingerprint density at radius 1 is 1.00 bits per heavy atom. The monoisotopic (exact) mass is 399 g/mol. The summed E-state index contributed by atoms with van der Waals surface area (Å²) >= 11 is 0. The van der Waals surface area contributed by atoms with Crippen LogP contribution in [0.15, 0.2) is 36.0 Å². The Morgan fingerprint density at radius 2 is 1.62 bits per heavy atom. The molecule has 0 aromatic heterocycles. The van der Waals surface area contributed by atoms with Gasteiger partial charge in [-0.3, -0.25) is 9.59 Å². The van der Waals surface area contributed by atoms with Gasteiger partial charge in [0.05, 0.1) is 17.7 Å². The van der Waals surface area contributed by atoms with Gasteiger partial charge in [0, 0.05) is 24.7 Å². The molecule has 1 fully saturated rings. The number of unbranched alkanes of at least 4 members (excludes halogenated alkanes) is 3. The van der Waals surface area contributed by atoms with E-state index in [-0.39, 0.29) is 28.5 Å². The number of nitrogens with one attached hydrogen (secondary N) is 1. The second-order valence-corrected chi connectivity index (χ2v) is 7.88. The Kier molecular flexibility index (Phi) is 8.62. The molecule has 0 unspecified atom stereocenters. The number of allylic oxidation sites excluding steroid dienone is 1. The van der Waals surface area contributed by atoms with Gasteiger partial charge in [0.2, 0.25) is 0 Å². The Morgan fingerprint density at radius 3 is 2.17 bits per heavy atom. The van der Waals surface area contributed by atoms with Crippen LogP contribution in [0.4, 0.5) is 5.69 Å². The maximum Gasteiger partial charge on any atom is 0.338 e. The van der Waals surface area contributed by atoms with Crippen LogP contribution in [0.25, 0.3) is 0 Å². The highest BCUT2D eigenvalue weighted by Gasteiger charge is 2.39. The number of hydrogen-bond acceptors (Lipinski definition) is 5. The smallest absolute Gasteiger partial charge is 0.338 e. The van der Waals surface area contributed by atoms with E-state index in [0.717, 1.165) is 38.5 Å². The molecule has 5 heteroatoms. The summed E-state index contributed by atoms with van der Waals surface area (Å²) in [5, 5.41) is 3.02. The van der Waals surface area contributed by atoms with Crippen LogP contribution < -0.4 is 5.32 Å². The fourth-order valence-corrected chi connectivity index (χ4v) is 3.64. The Hall–Kier alpha value is -2.43. The molecule has 0 amide bonds. The first-order chi connectivity index (χ1) is 13.9. The molecule has 0 aliphatic heterocycles. The number of Topliss-reactive ketones (excluding diaryl/α,β-unsaturated/α-hetero) is 2. The topological polar surface area (TPSA) is 72.5 Å². The van der Waals surface area contributed by atoms with Crippen LogP contribution >= 0.6 is 0 Å². The van der Waals surface area contributed by atoms with Crippen molar-refractivity contribution in [3.05, 3.63) is 41.6 Å². The lowest BCUT2D eigenvalue weighted by molar-refractivity contribution is -0.128. The van der Waals surface area contributed by atoms with E-state index in [1.165, 1.54) is 6.20 Å². The number of ketones is 2. The molecule has 0 atom stereocenters. The van der Waals surface area contributed by atoms with Crippen LogP contribution in [0, 0.1) is 5.41 Å². The second-order valence-electron chi connectivity index (χ2n) is 7.88. The third kappa shape index (κ3) is 6.28. The van der Waals surface area contributed by atoms with Crippen LogP contribution in [-0.2, 0) is 14.3 Å². The molecule has 2 rings (SSSR count). The molecular formula is C24H33NO4. The van der Waals surface area contributed by atoms with Gasteiger partial charge in [0.15, 0.2) is 11.6 Å². The summed E-state index contributed by atoms with van der Waals surface area (Å²) in [7, 11) is 0. The summed E-state index contributed by atoms with van der Waals surface area (Å²) in [5.41, 5.74) is 1.24. The third-order valence-corrected chi connectivity index (χ3v) is 5.91. The minimum atomic E-state index is -0.334. The van der Waals surface area contributed by atoms with Crippen molar-refractivity contribution in [2.75, 3.05) is 11.9 Å². The minimum Gasteiger partial charge on any atom is -0.462 e. The fraction of sp³-hybridized carbons (Fsp3) is 0.542. The summed E-state index contributed by atoms with van der Waals surface area (Å²) in [5.74, 6) is -0.527. The molecule has 0 heterocycles. The highest BCUT2D eigenvalue weighted by molar-refractivity contribution is 6.22. The van der Waals surface area contributed by atoms with E-state index >= 15 is 0 Å². The molecule has 0 bridgehead atoms. The van der Waals surface area contributed by atoms with Crippen molar-refractivity contribution >= 4 is 23.2 Å². The standard InChI is InChI=1S/C24H33NO4/c1-4-7-8-9-14-29-23(28)18-10-12-19(13-11-18)25-17-20-21(26)15-24(5-2,6-3)16-22(20)27/h10-13,17,25H,4-9,14-16H2,1-3H3. The van der Waals surface area contributed by atoms with Crippen LogP contribution in [0.5, 0.6) is 0 Å². The summed E-state index contributed by atoms with van der Waals surface area (Å²) in [6.07, 6.45) is 8.24. The SMILES string of the molecule is CCCCCCOC(=O)c1ccc(NC=C2C(=O)CC(CC)(CC)CC2=O)cc1. The zero-order valence-corrected chi connectivity index (χ0v) is 17.9. The van der Waals surface area contributed by atoms with E-state index < -0.39 is 0 Å². The normalized spacial score (nSPS) is 15.9. The molecule has 0 spiro atoms. The Bertz CT molecular complexity index is 723. The molecule has 1 aromatic rings. The largest absolute Gasteiger partial charge is 0.462 e. The molecular weight excluding hydrogens is 366 g/mol. The third-order valence-electron chi connectivity index (χ3n) is 5.91. The van der Waals surface area contributed by atoms with Crippen molar-refractivity contribution in [2.24, 2.45) is 5.41 Å². The predicted octanol–water partition coefficient (Wildman–Crippen LogP) is 5.46. The van der Waals surface area contributed by atoms with Gasteiger partial charge < -0.3 is 10.1 Å². The first kappa shape index (κ1) is 22.9. The Balaban J connectivity index is 1.92. The minimum absolute atomic E-state index is 0.0966. The van der Waals surface area contributed by atoms with Gasteiger partial charge in [-0.2, -0.15) is 0 Å². The highest BCUT2D eigenvalue weighted by Crippen LogP contribution is 2.40. The van der Waals surface area contributed by atoms with E-state index in [1.54, 1.807) is 24.3 Å². The number of carbonyl (C=O) groups is 3. The zero-order valence-electron chi connectivity index (χ0n) is 17.9. The number of rotatable bonds is 10. The average Bonchev–Trinajstić information content (AvgIpc) is 2.73. The number of esters is 1. The predicted molar refractivity (Wildman–Crippen MR) is 115 cm³/mol. The van der Waals surface area contributed by atoms with Gasteiger partial charge in [-0.25, -0.2) is 4.79 Å². The van der Waals surface area contributed by atoms with Crippen molar-refractivity contribution in [2.45, 2.75) is 72.1 Å². The molecule has 0 radical (unpaired) electrons. The van der Waals surface area contributed by atoms with Crippen molar-refractivity contribution in [1.82, 2.24) is 0 Å². The van der Waals surface area contributed by atoms with Gasteiger partial charge in [-0.1, -0.05) is 40.0 Å². The quantitative estimate of drug-likeness (QED) is 0.245. The van der Waals surface area contributed by atoms with Crippen LogP contribution in [-0.4, -0.2) is 24.1 Å². The van der Waals surface area contributed by atoms with Gasteiger partial charge in [-0.15, -0.1) is 0 Å². The molecule has 1 aliphatic rings. The fourth-order valence-electron chi connectivity index (χ4n) is 3.64. The van der Waals surface area contributed by atoms with Crippen molar-refractivity contribution in [3.8, 4) is 0 Å². The summed E-state index contributed by atoms with van der Waals surface area (Å²) in [6, 6.07) is 6.84. The van der Waals surface area contributed by atoms with Crippen molar-refractivity contribution < 1.29 is 19.1 Å². The van der Waals surface area contributed by atoms with E-state index in [2.05, 4.69) is 12.2 Å². The van der Waals surface area contributed by atoms with E-state index in [0.29, 0.717) is 30.7 Å². The van der Waals surface area contributed by atoms with E-state index in [1.807, 2.05) is 13.8 Å².